The van der Waals surface area contributed by atoms with Gasteiger partial charge in [-0.25, -0.2) is 0 Å². The molecule has 1 atom stereocenters. The Morgan fingerprint density at radius 2 is 1.96 bits per heavy atom. The number of benzene rings is 2. The van der Waals surface area contributed by atoms with Crippen LogP contribution in [-0.2, 0) is 11.3 Å². The molecule has 2 aromatic carbocycles. The van der Waals surface area contributed by atoms with E-state index >= 15 is 0 Å². The molecule has 3 rings (SSSR count). The van der Waals surface area contributed by atoms with Crippen molar-refractivity contribution in [2.24, 2.45) is 0 Å². The van der Waals surface area contributed by atoms with Crippen LogP contribution < -0.4 is 9.47 Å². The first kappa shape index (κ1) is 18.2. The summed E-state index contributed by atoms with van der Waals surface area (Å²) < 4.78 is 16.7. The third-order valence-electron chi connectivity index (χ3n) is 4.49. The summed E-state index contributed by atoms with van der Waals surface area (Å²) in [6, 6.07) is 17.6. The molecule has 0 amide bonds. The van der Waals surface area contributed by atoms with Gasteiger partial charge in [-0.3, -0.25) is 4.90 Å². The average Bonchev–Trinajstić information content (AvgIpc) is 3.00. The van der Waals surface area contributed by atoms with Gasteiger partial charge in [0, 0.05) is 33.2 Å². The van der Waals surface area contributed by atoms with Crippen LogP contribution in [0.5, 0.6) is 11.5 Å². The zero-order valence-corrected chi connectivity index (χ0v) is 15.3. The van der Waals surface area contributed by atoms with E-state index in [-0.39, 0.29) is 12.4 Å². The molecule has 1 heterocycles. The van der Waals surface area contributed by atoms with Gasteiger partial charge in [-0.15, -0.1) is 0 Å². The number of hydrogen-bond donors (Lipinski definition) is 0. The molecule has 1 aliphatic heterocycles. The van der Waals surface area contributed by atoms with Crippen molar-refractivity contribution in [3.05, 3.63) is 59.7 Å². The van der Waals surface area contributed by atoms with E-state index in [0.29, 0.717) is 5.56 Å². The fraction of sp³-hybridized carbons (Fsp3) is 0.381. The molecule has 0 N–H and O–H groups in total. The van der Waals surface area contributed by atoms with Crippen LogP contribution in [0.15, 0.2) is 48.5 Å². The van der Waals surface area contributed by atoms with E-state index in [1.807, 2.05) is 30.3 Å². The van der Waals surface area contributed by atoms with E-state index in [1.165, 1.54) is 5.56 Å². The minimum absolute atomic E-state index is 0.251. The molecule has 1 unspecified atom stereocenters. The molecular weight excluding hydrogens is 328 g/mol. The Bertz CT molecular complexity index is 787. The van der Waals surface area contributed by atoms with Gasteiger partial charge in [-0.2, -0.15) is 5.26 Å². The second-order valence-electron chi connectivity index (χ2n) is 6.85. The van der Waals surface area contributed by atoms with Crippen molar-refractivity contribution in [2.45, 2.75) is 25.5 Å². The first-order chi connectivity index (χ1) is 12.6. The molecule has 1 fully saturated rings. The molecule has 0 spiro atoms. The van der Waals surface area contributed by atoms with Crippen LogP contribution in [0.2, 0.25) is 0 Å². The molecule has 2 aromatic rings. The topological polar surface area (TPSA) is 54.7 Å². The predicted molar refractivity (Wildman–Crippen MR) is 99.0 cm³/mol. The minimum Gasteiger partial charge on any atom is -0.486 e. The van der Waals surface area contributed by atoms with E-state index in [4.69, 9.17) is 19.5 Å². The number of methoxy groups -OCH3 is 1. The van der Waals surface area contributed by atoms with Gasteiger partial charge in [-0.05, 0) is 42.8 Å². The van der Waals surface area contributed by atoms with Gasteiger partial charge < -0.3 is 14.2 Å². The quantitative estimate of drug-likeness (QED) is 0.713. The fourth-order valence-corrected chi connectivity index (χ4v) is 3.28. The molecule has 0 radical (unpaired) electrons. The van der Waals surface area contributed by atoms with Gasteiger partial charge in [0.1, 0.15) is 17.1 Å². The van der Waals surface area contributed by atoms with E-state index in [0.717, 1.165) is 37.6 Å². The lowest BCUT2D eigenvalue weighted by Gasteiger charge is -2.26. The van der Waals surface area contributed by atoms with Crippen molar-refractivity contribution >= 4 is 0 Å². The number of ether oxygens (including phenoxy) is 3. The van der Waals surface area contributed by atoms with Crippen molar-refractivity contribution in [3.63, 3.8) is 0 Å². The zero-order chi connectivity index (χ0) is 18.4. The second-order valence-corrected chi connectivity index (χ2v) is 6.85. The Labute approximate surface area is 154 Å². The van der Waals surface area contributed by atoms with E-state index in [2.05, 4.69) is 24.0 Å². The number of rotatable bonds is 7. The second kappa shape index (κ2) is 8.22. The highest BCUT2D eigenvalue weighted by Gasteiger charge is 2.35. The van der Waals surface area contributed by atoms with Gasteiger partial charge in [0.05, 0.1) is 11.6 Å². The average molecular weight is 352 g/mol. The lowest BCUT2D eigenvalue weighted by Crippen LogP contribution is -2.35. The fourth-order valence-electron chi connectivity index (χ4n) is 3.28. The summed E-state index contributed by atoms with van der Waals surface area (Å²) in [7, 11) is 1.61. The third-order valence-corrected chi connectivity index (χ3v) is 4.49. The zero-order valence-electron chi connectivity index (χ0n) is 15.3. The molecule has 0 aliphatic carbocycles. The Balaban J connectivity index is 1.60. The van der Waals surface area contributed by atoms with E-state index < -0.39 is 0 Å². The van der Waals surface area contributed by atoms with Crippen molar-refractivity contribution in [1.82, 2.24) is 4.90 Å². The summed E-state index contributed by atoms with van der Waals surface area (Å²) >= 11 is 0. The first-order valence-electron chi connectivity index (χ1n) is 8.72. The smallest absolute Gasteiger partial charge is 0.188 e. The number of hydrogen-bond acceptors (Lipinski definition) is 5. The lowest BCUT2D eigenvalue weighted by molar-refractivity contribution is 0.0510. The van der Waals surface area contributed by atoms with Crippen LogP contribution >= 0.6 is 0 Å². The highest BCUT2D eigenvalue weighted by Crippen LogP contribution is 2.29. The molecule has 0 bridgehead atoms. The Morgan fingerprint density at radius 1 is 1.15 bits per heavy atom. The highest BCUT2D eigenvalue weighted by atomic mass is 16.7. The molecule has 5 heteroatoms. The molecule has 1 saturated heterocycles. The van der Waals surface area contributed by atoms with Crippen LogP contribution in [0.3, 0.4) is 0 Å². The Morgan fingerprint density at radius 3 is 2.77 bits per heavy atom. The third kappa shape index (κ3) is 4.75. The van der Waals surface area contributed by atoms with Crippen LogP contribution in [0.25, 0.3) is 0 Å². The highest BCUT2D eigenvalue weighted by molar-refractivity contribution is 5.36. The van der Waals surface area contributed by atoms with Crippen molar-refractivity contribution in [3.8, 4) is 17.6 Å². The van der Waals surface area contributed by atoms with Gasteiger partial charge in [-0.1, -0.05) is 18.2 Å². The standard InChI is InChI=1S/C21H24N2O3/c1-21(26-20-8-3-5-17(11-20)13-22)9-10-23(15-21)14-18-6-4-7-19(12-18)25-16-24-2/h3-8,11-12H,9-10,14-16H2,1-2H3. The van der Waals surface area contributed by atoms with Crippen molar-refractivity contribution < 1.29 is 14.2 Å². The molecule has 136 valence electrons. The summed E-state index contributed by atoms with van der Waals surface area (Å²) in [6.45, 7) is 5.04. The largest absolute Gasteiger partial charge is 0.486 e. The first-order valence-corrected chi connectivity index (χ1v) is 8.72. The Kier molecular flexibility index (Phi) is 5.77. The van der Waals surface area contributed by atoms with E-state index in [1.54, 1.807) is 19.2 Å². The summed E-state index contributed by atoms with van der Waals surface area (Å²) in [5.74, 6) is 1.57. The van der Waals surface area contributed by atoms with Gasteiger partial charge in [0.15, 0.2) is 6.79 Å². The van der Waals surface area contributed by atoms with Crippen molar-refractivity contribution in [1.29, 1.82) is 5.26 Å². The van der Waals surface area contributed by atoms with Gasteiger partial charge >= 0.3 is 0 Å². The monoisotopic (exact) mass is 352 g/mol. The van der Waals surface area contributed by atoms with E-state index in [9.17, 15) is 0 Å². The maximum atomic E-state index is 9.04. The van der Waals surface area contributed by atoms with Crippen molar-refractivity contribution in [2.75, 3.05) is 27.0 Å². The maximum absolute atomic E-state index is 9.04. The van der Waals surface area contributed by atoms with Gasteiger partial charge in [0.25, 0.3) is 0 Å². The molecule has 0 saturated carbocycles. The maximum Gasteiger partial charge on any atom is 0.188 e. The molecule has 26 heavy (non-hydrogen) atoms. The predicted octanol–water partition coefficient (Wildman–Crippen LogP) is 3.58. The van der Waals surface area contributed by atoms with Crippen LogP contribution in [0.1, 0.15) is 24.5 Å². The van der Waals surface area contributed by atoms with Crippen LogP contribution in [0.4, 0.5) is 0 Å². The lowest BCUT2D eigenvalue weighted by atomic mass is 10.1. The summed E-state index contributed by atoms with van der Waals surface area (Å²) in [6.07, 6.45) is 0.948. The van der Waals surface area contributed by atoms with Gasteiger partial charge in [0.2, 0.25) is 0 Å². The normalized spacial score (nSPS) is 19.9. The molecule has 0 aromatic heterocycles. The molecule has 5 nitrogen and oxygen atoms in total. The molecular formula is C21H24N2O3. The Hall–Kier alpha value is -2.55. The summed E-state index contributed by atoms with van der Waals surface area (Å²) in [5.41, 5.74) is 1.57. The number of nitrogens with zero attached hydrogens (tertiary/aromatic N) is 2. The number of likely N-dealkylation sites (tertiary alicyclic amines) is 1. The summed E-state index contributed by atoms with van der Waals surface area (Å²) in [5, 5.41) is 9.04. The minimum atomic E-state index is -0.252. The molecule has 1 aliphatic rings. The van der Waals surface area contributed by atoms with Crippen LogP contribution in [-0.4, -0.2) is 37.5 Å². The SMILES string of the molecule is COCOc1cccc(CN2CCC(C)(Oc3cccc(C#N)c3)C2)c1. The number of nitriles is 1. The summed E-state index contributed by atoms with van der Waals surface area (Å²) in [4.78, 5) is 2.38. The van der Waals surface area contributed by atoms with Crippen LogP contribution in [0, 0.1) is 11.3 Å².